The molecule has 2 atom stereocenters. The van der Waals surface area contributed by atoms with Gasteiger partial charge in [0.15, 0.2) is 5.78 Å². The van der Waals surface area contributed by atoms with E-state index in [0.29, 0.717) is 5.56 Å². The number of allylic oxidation sites excluding steroid dienone is 1. The third kappa shape index (κ3) is 4.01. The van der Waals surface area contributed by atoms with Crippen LogP contribution in [0.1, 0.15) is 33.3 Å². The first-order chi connectivity index (χ1) is 13.1. The molecule has 0 spiro atoms. The Morgan fingerprint density at radius 2 is 1.41 bits per heavy atom. The van der Waals surface area contributed by atoms with Crippen molar-refractivity contribution in [2.45, 2.75) is 11.8 Å². The number of Topliss-reactive ketones (excluding diaryl/α,β-unsaturated/α-hetero) is 1. The molecule has 0 N–H and O–H groups in total. The lowest BCUT2D eigenvalue weighted by Crippen LogP contribution is -2.20. The van der Waals surface area contributed by atoms with Crippen LogP contribution in [0, 0.1) is 10.1 Å². The molecule has 0 amide bonds. The van der Waals surface area contributed by atoms with Crippen molar-refractivity contribution in [3.63, 3.8) is 0 Å². The Labute approximate surface area is 157 Å². The van der Waals surface area contributed by atoms with Crippen molar-refractivity contribution in [3.8, 4) is 0 Å². The third-order valence-corrected chi connectivity index (χ3v) is 4.60. The molecule has 3 aromatic rings. The van der Waals surface area contributed by atoms with E-state index in [-0.39, 0.29) is 17.4 Å². The van der Waals surface area contributed by atoms with Crippen molar-refractivity contribution in [3.05, 3.63) is 124 Å². The van der Waals surface area contributed by atoms with Crippen LogP contribution in [0.15, 0.2) is 97.6 Å². The van der Waals surface area contributed by atoms with E-state index in [1.807, 2.05) is 48.5 Å². The smallest absolute Gasteiger partial charge is 0.269 e. The summed E-state index contributed by atoms with van der Waals surface area (Å²) in [5, 5.41) is 10.9. The predicted octanol–water partition coefficient (Wildman–Crippen LogP) is 5.53. The molecule has 4 nitrogen and oxygen atoms in total. The summed E-state index contributed by atoms with van der Waals surface area (Å²) in [5.74, 6) is -0.779. The van der Waals surface area contributed by atoms with E-state index >= 15 is 0 Å². The molecule has 3 rings (SSSR count). The van der Waals surface area contributed by atoms with Crippen LogP contribution in [0.5, 0.6) is 0 Å². The average molecular weight is 357 g/mol. The second-order valence-electron chi connectivity index (χ2n) is 6.23. The third-order valence-electron chi connectivity index (χ3n) is 4.60. The standard InChI is InChI=1S/C23H19NO3/c1-2-21(17-13-15-20(16-14-17)24(26)27)22(18-9-5-3-6-10-18)23(25)19-11-7-4-8-12-19/h2-16,21-22H,1H2. The second-order valence-corrected chi connectivity index (χ2v) is 6.23. The maximum atomic E-state index is 13.3. The topological polar surface area (TPSA) is 60.2 Å². The van der Waals surface area contributed by atoms with Gasteiger partial charge in [0, 0.05) is 23.6 Å². The Morgan fingerprint density at radius 3 is 1.93 bits per heavy atom. The lowest BCUT2D eigenvalue weighted by atomic mass is 9.77. The lowest BCUT2D eigenvalue weighted by molar-refractivity contribution is -0.384. The zero-order valence-electron chi connectivity index (χ0n) is 14.7. The second kappa shape index (κ2) is 8.23. The summed E-state index contributed by atoms with van der Waals surface area (Å²) in [7, 11) is 0. The highest BCUT2D eigenvalue weighted by Gasteiger charge is 2.30. The van der Waals surface area contributed by atoms with E-state index in [0.717, 1.165) is 11.1 Å². The zero-order valence-corrected chi connectivity index (χ0v) is 14.7. The van der Waals surface area contributed by atoms with E-state index in [4.69, 9.17) is 0 Å². The quantitative estimate of drug-likeness (QED) is 0.242. The van der Waals surface area contributed by atoms with Gasteiger partial charge in [-0.1, -0.05) is 78.9 Å². The number of ketones is 1. The van der Waals surface area contributed by atoms with Gasteiger partial charge in [-0.25, -0.2) is 0 Å². The van der Waals surface area contributed by atoms with E-state index < -0.39 is 10.8 Å². The molecule has 27 heavy (non-hydrogen) atoms. The monoisotopic (exact) mass is 357 g/mol. The van der Waals surface area contributed by atoms with Gasteiger partial charge in [0.1, 0.15) is 0 Å². The molecule has 2 unspecified atom stereocenters. The molecule has 0 saturated heterocycles. The molecule has 0 aliphatic rings. The molecule has 0 aliphatic carbocycles. The summed E-state index contributed by atoms with van der Waals surface area (Å²) in [5.41, 5.74) is 2.34. The highest BCUT2D eigenvalue weighted by Crippen LogP contribution is 2.37. The van der Waals surface area contributed by atoms with Crippen molar-refractivity contribution < 1.29 is 9.72 Å². The van der Waals surface area contributed by atoms with Crippen LogP contribution in [-0.4, -0.2) is 10.7 Å². The van der Waals surface area contributed by atoms with Crippen LogP contribution in [0.3, 0.4) is 0 Å². The highest BCUT2D eigenvalue weighted by molar-refractivity contribution is 6.01. The number of nitro benzene ring substituents is 1. The first-order valence-electron chi connectivity index (χ1n) is 8.63. The fourth-order valence-electron chi connectivity index (χ4n) is 3.25. The van der Waals surface area contributed by atoms with Crippen LogP contribution < -0.4 is 0 Å². The van der Waals surface area contributed by atoms with Crippen molar-refractivity contribution in [1.82, 2.24) is 0 Å². The van der Waals surface area contributed by atoms with Crippen LogP contribution in [0.4, 0.5) is 5.69 Å². The Balaban J connectivity index is 2.06. The number of nitro groups is 1. The minimum absolute atomic E-state index is 0.00921. The SMILES string of the molecule is C=CC(c1ccc([N+](=O)[O-])cc1)C(C(=O)c1ccccc1)c1ccccc1. The minimum atomic E-state index is -0.465. The molecule has 0 heterocycles. The molecular formula is C23H19NO3. The molecule has 0 aromatic heterocycles. The molecule has 4 heteroatoms. The van der Waals surface area contributed by atoms with E-state index in [1.54, 1.807) is 30.3 Å². The molecular weight excluding hydrogens is 338 g/mol. The normalized spacial score (nSPS) is 12.7. The van der Waals surface area contributed by atoms with Gasteiger partial charge in [-0.3, -0.25) is 14.9 Å². The number of hydrogen-bond donors (Lipinski definition) is 0. The van der Waals surface area contributed by atoms with Gasteiger partial charge in [-0.2, -0.15) is 0 Å². The van der Waals surface area contributed by atoms with Crippen molar-refractivity contribution in [2.75, 3.05) is 0 Å². The maximum Gasteiger partial charge on any atom is 0.269 e. The lowest BCUT2D eigenvalue weighted by Gasteiger charge is -2.24. The van der Waals surface area contributed by atoms with Gasteiger partial charge in [0.25, 0.3) is 5.69 Å². The number of hydrogen-bond acceptors (Lipinski definition) is 3. The summed E-state index contributed by atoms with van der Waals surface area (Å²) in [6, 6.07) is 25.0. The van der Waals surface area contributed by atoms with Crippen molar-refractivity contribution in [1.29, 1.82) is 0 Å². The number of rotatable bonds is 7. The van der Waals surface area contributed by atoms with Gasteiger partial charge in [-0.15, -0.1) is 6.58 Å². The van der Waals surface area contributed by atoms with Crippen molar-refractivity contribution >= 4 is 11.5 Å². The van der Waals surface area contributed by atoms with Crippen LogP contribution >= 0.6 is 0 Å². The molecule has 0 bridgehead atoms. The summed E-state index contributed by atoms with van der Waals surface area (Å²) < 4.78 is 0. The zero-order chi connectivity index (χ0) is 19.2. The van der Waals surface area contributed by atoms with Gasteiger partial charge in [0.2, 0.25) is 0 Å². The van der Waals surface area contributed by atoms with E-state index in [9.17, 15) is 14.9 Å². The largest absolute Gasteiger partial charge is 0.293 e. The molecule has 0 saturated carbocycles. The first kappa shape index (κ1) is 18.3. The summed E-state index contributed by atoms with van der Waals surface area (Å²) in [6.07, 6.45) is 1.74. The van der Waals surface area contributed by atoms with Crippen LogP contribution in [-0.2, 0) is 0 Å². The fraction of sp³-hybridized carbons (Fsp3) is 0.0870. The molecule has 134 valence electrons. The molecule has 3 aromatic carbocycles. The summed E-state index contributed by atoms with van der Waals surface area (Å²) >= 11 is 0. The number of carbonyl (C=O) groups is 1. The first-order valence-corrected chi connectivity index (χ1v) is 8.63. The molecule has 0 aliphatic heterocycles. The van der Waals surface area contributed by atoms with Crippen LogP contribution in [0.2, 0.25) is 0 Å². The predicted molar refractivity (Wildman–Crippen MR) is 106 cm³/mol. The summed E-state index contributed by atoms with van der Waals surface area (Å²) in [4.78, 5) is 23.8. The number of non-ortho nitro benzene ring substituents is 1. The fourth-order valence-corrected chi connectivity index (χ4v) is 3.25. The molecule has 0 radical (unpaired) electrons. The summed E-state index contributed by atoms with van der Waals surface area (Å²) in [6.45, 7) is 3.93. The number of carbonyl (C=O) groups excluding carboxylic acids is 1. The number of benzene rings is 3. The van der Waals surface area contributed by atoms with Gasteiger partial charge in [-0.05, 0) is 11.1 Å². The Kier molecular flexibility index (Phi) is 5.57. The number of nitrogens with zero attached hydrogens (tertiary/aromatic N) is 1. The van der Waals surface area contributed by atoms with Gasteiger partial charge >= 0.3 is 0 Å². The molecule has 0 fully saturated rings. The van der Waals surface area contributed by atoms with Crippen molar-refractivity contribution in [2.24, 2.45) is 0 Å². The maximum absolute atomic E-state index is 13.3. The Morgan fingerprint density at radius 1 is 0.852 bits per heavy atom. The van der Waals surface area contributed by atoms with E-state index in [1.165, 1.54) is 12.1 Å². The Hall–Kier alpha value is -3.53. The van der Waals surface area contributed by atoms with E-state index in [2.05, 4.69) is 6.58 Å². The van der Waals surface area contributed by atoms with Crippen LogP contribution in [0.25, 0.3) is 0 Å². The highest BCUT2D eigenvalue weighted by atomic mass is 16.6. The average Bonchev–Trinajstić information content (AvgIpc) is 2.73. The Bertz CT molecular complexity index is 934. The van der Waals surface area contributed by atoms with Gasteiger partial charge in [0.05, 0.1) is 10.8 Å². The minimum Gasteiger partial charge on any atom is -0.293 e. The van der Waals surface area contributed by atoms with Gasteiger partial charge < -0.3 is 0 Å².